The monoisotopic (exact) mass is 261 g/mol. The number of nitrogens with one attached hydrogen (secondary N) is 1. The van der Waals surface area contributed by atoms with Crippen LogP contribution in [0.15, 0.2) is 30.3 Å². The minimum atomic E-state index is -0.769. The zero-order valence-corrected chi connectivity index (χ0v) is 12.1. The number of aliphatic carboxylic acids is 1. The first-order chi connectivity index (χ1) is 8.78. The van der Waals surface area contributed by atoms with Gasteiger partial charge < -0.3 is 10.4 Å². The van der Waals surface area contributed by atoms with Crippen LogP contribution in [-0.2, 0) is 4.79 Å². The summed E-state index contributed by atoms with van der Waals surface area (Å²) in [5.74, 6) is -1.25. The highest BCUT2D eigenvalue weighted by Gasteiger charge is 2.64. The molecular formula is C16H23NO2. The van der Waals surface area contributed by atoms with Gasteiger partial charge in [-0.1, -0.05) is 58.0 Å². The van der Waals surface area contributed by atoms with Gasteiger partial charge in [0.25, 0.3) is 0 Å². The summed E-state index contributed by atoms with van der Waals surface area (Å²) in [5, 5.41) is 12.8. The molecule has 1 atom stereocenters. The Morgan fingerprint density at radius 2 is 1.74 bits per heavy atom. The molecule has 1 fully saturated rings. The molecule has 1 aromatic carbocycles. The summed E-state index contributed by atoms with van der Waals surface area (Å²) in [4.78, 5) is 11.4. The fourth-order valence-electron chi connectivity index (χ4n) is 2.98. The predicted molar refractivity (Wildman–Crippen MR) is 76.2 cm³/mol. The number of hydrogen-bond donors (Lipinski definition) is 2. The van der Waals surface area contributed by atoms with Crippen molar-refractivity contribution in [1.82, 2.24) is 5.32 Å². The Bertz CT molecular complexity index is 451. The van der Waals surface area contributed by atoms with Gasteiger partial charge in [0.05, 0.1) is 5.92 Å². The minimum Gasteiger partial charge on any atom is -0.481 e. The zero-order valence-electron chi connectivity index (χ0n) is 12.1. The SMILES string of the molecule is CC1(C)C(NCC(C(=O)O)c2ccccc2)C1(C)C. The summed E-state index contributed by atoms with van der Waals surface area (Å²) in [6.07, 6.45) is 0. The first-order valence-electron chi connectivity index (χ1n) is 6.79. The molecular weight excluding hydrogens is 238 g/mol. The molecule has 1 aromatic rings. The number of rotatable bonds is 5. The molecule has 0 radical (unpaired) electrons. The van der Waals surface area contributed by atoms with Crippen molar-refractivity contribution in [3.8, 4) is 0 Å². The zero-order chi connectivity index (χ0) is 14.3. The summed E-state index contributed by atoms with van der Waals surface area (Å²) in [6, 6.07) is 9.81. The van der Waals surface area contributed by atoms with Crippen LogP contribution in [0.4, 0.5) is 0 Å². The highest BCUT2D eigenvalue weighted by Crippen LogP contribution is 2.62. The molecule has 0 aliphatic heterocycles. The quantitative estimate of drug-likeness (QED) is 0.857. The van der Waals surface area contributed by atoms with Crippen LogP contribution in [0.2, 0.25) is 0 Å². The van der Waals surface area contributed by atoms with Gasteiger partial charge in [0.1, 0.15) is 0 Å². The van der Waals surface area contributed by atoms with Crippen molar-refractivity contribution in [2.24, 2.45) is 10.8 Å². The highest BCUT2D eigenvalue weighted by molar-refractivity contribution is 5.76. The van der Waals surface area contributed by atoms with Gasteiger partial charge >= 0.3 is 5.97 Å². The molecule has 2 rings (SSSR count). The van der Waals surface area contributed by atoms with Crippen LogP contribution in [0.3, 0.4) is 0 Å². The molecule has 2 N–H and O–H groups in total. The van der Waals surface area contributed by atoms with Crippen molar-refractivity contribution in [2.45, 2.75) is 39.7 Å². The Labute approximate surface area is 115 Å². The molecule has 1 aliphatic carbocycles. The van der Waals surface area contributed by atoms with Crippen molar-refractivity contribution in [3.05, 3.63) is 35.9 Å². The van der Waals surface area contributed by atoms with E-state index in [-0.39, 0.29) is 10.8 Å². The van der Waals surface area contributed by atoms with Crippen LogP contribution < -0.4 is 5.32 Å². The van der Waals surface area contributed by atoms with Crippen LogP contribution in [0.25, 0.3) is 0 Å². The molecule has 1 unspecified atom stereocenters. The number of hydrogen-bond acceptors (Lipinski definition) is 2. The van der Waals surface area contributed by atoms with E-state index in [1.165, 1.54) is 0 Å². The maximum atomic E-state index is 11.4. The molecule has 0 saturated heterocycles. The number of benzene rings is 1. The third-order valence-electron chi connectivity index (χ3n) is 5.05. The Balaban J connectivity index is 2.03. The largest absolute Gasteiger partial charge is 0.481 e. The van der Waals surface area contributed by atoms with E-state index < -0.39 is 11.9 Å². The second-order valence-corrected chi connectivity index (χ2v) is 6.59. The molecule has 0 heterocycles. The number of carboxylic acids is 1. The van der Waals surface area contributed by atoms with Crippen LogP contribution in [0.1, 0.15) is 39.2 Å². The Kier molecular flexibility index (Phi) is 3.43. The lowest BCUT2D eigenvalue weighted by molar-refractivity contribution is -0.138. The van der Waals surface area contributed by atoms with Gasteiger partial charge in [-0.2, -0.15) is 0 Å². The Morgan fingerprint density at radius 3 is 2.16 bits per heavy atom. The van der Waals surface area contributed by atoms with Crippen molar-refractivity contribution < 1.29 is 9.90 Å². The van der Waals surface area contributed by atoms with Crippen LogP contribution >= 0.6 is 0 Å². The normalized spacial score (nSPS) is 21.9. The predicted octanol–water partition coefficient (Wildman–Crippen LogP) is 2.88. The van der Waals surface area contributed by atoms with Crippen molar-refractivity contribution in [1.29, 1.82) is 0 Å². The average Bonchev–Trinajstić information content (AvgIpc) is 2.72. The molecule has 0 aromatic heterocycles. The van der Waals surface area contributed by atoms with Crippen molar-refractivity contribution in [3.63, 3.8) is 0 Å². The molecule has 1 aliphatic rings. The first kappa shape index (κ1) is 14.1. The average molecular weight is 261 g/mol. The molecule has 0 amide bonds. The number of carbonyl (C=O) groups is 1. The van der Waals surface area contributed by atoms with Gasteiger partial charge in [-0.3, -0.25) is 4.79 Å². The second-order valence-electron chi connectivity index (χ2n) is 6.59. The summed E-state index contributed by atoms with van der Waals surface area (Å²) in [7, 11) is 0. The Hall–Kier alpha value is -1.35. The maximum absolute atomic E-state index is 11.4. The summed E-state index contributed by atoms with van der Waals surface area (Å²) in [5.41, 5.74) is 1.32. The molecule has 1 saturated carbocycles. The fraction of sp³-hybridized carbons (Fsp3) is 0.562. The van der Waals surface area contributed by atoms with Crippen molar-refractivity contribution >= 4 is 5.97 Å². The fourth-order valence-corrected chi connectivity index (χ4v) is 2.98. The van der Waals surface area contributed by atoms with Crippen LogP contribution in [0.5, 0.6) is 0 Å². The molecule has 3 heteroatoms. The van der Waals surface area contributed by atoms with E-state index in [4.69, 9.17) is 0 Å². The van der Waals surface area contributed by atoms with Gasteiger partial charge in [-0.05, 0) is 16.4 Å². The lowest BCUT2D eigenvalue weighted by Crippen LogP contribution is -2.31. The van der Waals surface area contributed by atoms with Gasteiger partial charge in [-0.25, -0.2) is 0 Å². The summed E-state index contributed by atoms with van der Waals surface area (Å²) < 4.78 is 0. The minimum absolute atomic E-state index is 0.229. The van der Waals surface area contributed by atoms with Gasteiger partial charge in [-0.15, -0.1) is 0 Å². The van der Waals surface area contributed by atoms with E-state index in [2.05, 4.69) is 33.0 Å². The topological polar surface area (TPSA) is 49.3 Å². The lowest BCUT2D eigenvalue weighted by atomic mass is 9.99. The van der Waals surface area contributed by atoms with E-state index in [1.807, 2.05) is 30.3 Å². The second kappa shape index (κ2) is 4.64. The third-order valence-corrected chi connectivity index (χ3v) is 5.05. The van der Waals surface area contributed by atoms with Gasteiger partial charge in [0.15, 0.2) is 0 Å². The Morgan fingerprint density at radius 1 is 1.21 bits per heavy atom. The van der Waals surface area contributed by atoms with E-state index in [0.717, 1.165) is 5.56 Å². The molecule has 0 spiro atoms. The van der Waals surface area contributed by atoms with Crippen LogP contribution in [0, 0.1) is 10.8 Å². The third kappa shape index (κ3) is 2.39. The van der Waals surface area contributed by atoms with Gasteiger partial charge in [0, 0.05) is 12.6 Å². The smallest absolute Gasteiger partial charge is 0.312 e. The van der Waals surface area contributed by atoms with E-state index >= 15 is 0 Å². The molecule has 104 valence electrons. The standard InChI is InChI=1S/C16H23NO2/c1-15(2)14(16(15,3)4)17-10-12(13(18)19)11-8-6-5-7-9-11/h5-9,12,14,17H,10H2,1-4H3,(H,18,19). The highest BCUT2D eigenvalue weighted by atomic mass is 16.4. The van der Waals surface area contributed by atoms with Gasteiger partial charge in [0.2, 0.25) is 0 Å². The molecule has 19 heavy (non-hydrogen) atoms. The first-order valence-corrected chi connectivity index (χ1v) is 6.79. The van der Waals surface area contributed by atoms with E-state index in [9.17, 15) is 9.90 Å². The van der Waals surface area contributed by atoms with Crippen LogP contribution in [-0.4, -0.2) is 23.7 Å². The maximum Gasteiger partial charge on any atom is 0.312 e. The van der Waals surface area contributed by atoms with E-state index in [0.29, 0.717) is 12.6 Å². The summed E-state index contributed by atoms with van der Waals surface area (Å²) in [6.45, 7) is 9.38. The number of carboxylic acid groups (broad SMARTS) is 1. The molecule has 0 bridgehead atoms. The lowest BCUT2D eigenvalue weighted by Gasteiger charge is -2.15. The summed E-state index contributed by atoms with van der Waals surface area (Å²) >= 11 is 0. The van der Waals surface area contributed by atoms with E-state index in [1.54, 1.807) is 0 Å². The molecule has 3 nitrogen and oxygen atoms in total. The van der Waals surface area contributed by atoms with Crippen molar-refractivity contribution in [2.75, 3.05) is 6.54 Å².